The lowest BCUT2D eigenvalue weighted by atomic mass is 9.72. The van der Waals surface area contributed by atoms with Crippen molar-refractivity contribution in [3.05, 3.63) is 120 Å². The van der Waals surface area contributed by atoms with Gasteiger partial charge in [-0.2, -0.15) is 38.2 Å². The molecule has 7 rings (SSSR count). The van der Waals surface area contributed by atoms with Crippen molar-refractivity contribution in [2.45, 2.75) is 71.6 Å². The summed E-state index contributed by atoms with van der Waals surface area (Å²) in [7, 11) is -3.05. The van der Waals surface area contributed by atoms with E-state index in [0.29, 0.717) is 23.0 Å². The molecule has 2 aromatic carbocycles. The van der Waals surface area contributed by atoms with E-state index in [9.17, 15) is 0 Å². The molecule has 0 N–H and O–H groups in total. The van der Waals surface area contributed by atoms with Gasteiger partial charge in [0, 0.05) is 66.1 Å². The zero-order valence-electron chi connectivity index (χ0n) is 28.4. The third-order valence-corrected chi connectivity index (χ3v) is 11.5. The molecular weight excluding hydrogens is 642 g/mol. The van der Waals surface area contributed by atoms with Gasteiger partial charge in [-0.05, 0) is 58.4 Å². The summed E-state index contributed by atoms with van der Waals surface area (Å²) in [5.74, 6) is 2.51. The van der Waals surface area contributed by atoms with Gasteiger partial charge in [0.2, 0.25) is 0 Å². The minimum atomic E-state index is -1.53. The minimum Gasteiger partial charge on any atom is -0.449 e. The van der Waals surface area contributed by atoms with E-state index in [-0.39, 0.29) is 10.8 Å². The van der Waals surface area contributed by atoms with Crippen molar-refractivity contribution in [3.8, 4) is 23.0 Å². The zero-order valence-corrected chi connectivity index (χ0v) is 30.2. The van der Waals surface area contributed by atoms with Crippen LogP contribution in [0.4, 0.5) is 0 Å². The van der Waals surface area contributed by atoms with Gasteiger partial charge >= 0.3 is 16.9 Å². The molecule has 0 fully saturated rings. The lowest BCUT2D eigenvalue weighted by Crippen LogP contribution is -2.27. The zero-order chi connectivity index (χ0) is 33.8. The molecule has 13 heteroatoms. The van der Waals surface area contributed by atoms with Crippen LogP contribution in [0.5, 0.6) is 23.0 Å². The molecule has 48 heavy (non-hydrogen) atoms. The van der Waals surface area contributed by atoms with Crippen molar-refractivity contribution in [2.24, 2.45) is 0 Å². The van der Waals surface area contributed by atoms with Crippen LogP contribution in [0.2, 0.25) is 0 Å². The highest BCUT2D eigenvalue weighted by molar-refractivity contribution is 7.49. The predicted octanol–water partition coefficient (Wildman–Crippen LogP) is 8.90. The summed E-state index contributed by atoms with van der Waals surface area (Å²) >= 11 is 0. The molecule has 1 aliphatic rings. The number of hydrogen-bond donors (Lipinski definition) is 0. The van der Waals surface area contributed by atoms with Gasteiger partial charge in [-0.1, -0.05) is 67.5 Å². The van der Waals surface area contributed by atoms with E-state index >= 15 is 0 Å². The van der Waals surface area contributed by atoms with Gasteiger partial charge in [0.15, 0.2) is 23.0 Å². The molecule has 0 saturated carbocycles. The Balaban J connectivity index is 1.42. The van der Waals surface area contributed by atoms with E-state index in [4.69, 9.17) is 13.8 Å². The van der Waals surface area contributed by atoms with Gasteiger partial charge in [0.25, 0.3) is 0 Å². The summed E-state index contributed by atoms with van der Waals surface area (Å²) in [6.07, 6.45) is 14.5. The van der Waals surface area contributed by atoms with Crippen LogP contribution in [0.1, 0.15) is 77.6 Å². The molecule has 0 spiro atoms. The lowest BCUT2D eigenvalue weighted by molar-refractivity contribution is 0.380. The number of rotatable bonds is 8. The second-order valence-electron chi connectivity index (χ2n) is 14.3. The van der Waals surface area contributed by atoms with Crippen molar-refractivity contribution in [1.29, 1.82) is 0 Å². The predicted molar refractivity (Wildman–Crippen MR) is 188 cm³/mol. The highest BCUT2D eigenvalue weighted by atomic mass is 31.2. The number of ether oxygens (including phenoxy) is 1. The fourth-order valence-corrected chi connectivity index (χ4v) is 8.26. The molecular formula is C35H40N8O3P2. The number of nitrogens with zero attached hydrogens (tertiary/aromatic N) is 8. The molecule has 248 valence electrons. The minimum absolute atomic E-state index is 0.158. The van der Waals surface area contributed by atoms with E-state index in [1.165, 1.54) is 0 Å². The smallest absolute Gasteiger partial charge is 0.352 e. The maximum atomic E-state index is 7.03. The standard InChI is InChI=1S/C35H40N8O3P2/c1-33(2,3)25-21-27-31(29(23-25)45-47(40-17-9-13-36-40)41-18-10-14-37-41)44-32-28(35(27,7)8)22-26(34(4,5)6)24-30(32)46-48(42-19-11-15-38-42)43-20-12-16-39-43/h9-24H,1-8H3. The Morgan fingerprint density at radius 3 is 1.17 bits per heavy atom. The van der Waals surface area contributed by atoms with Crippen molar-refractivity contribution >= 4 is 16.9 Å². The van der Waals surface area contributed by atoms with Crippen LogP contribution in [-0.4, -0.2) is 38.2 Å². The lowest BCUT2D eigenvalue weighted by Gasteiger charge is -2.39. The molecule has 11 nitrogen and oxygen atoms in total. The Bertz CT molecular complexity index is 1800. The first-order valence-electron chi connectivity index (χ1n) is 15.8. The Morgan fingerprint density at radius 1 is 0.562 bits per heavy atom. The van der Waals surface area contributed by atoms with Crippen LogP contribution in [0.3, 0.4) is 0 Å². The molecule has 0 amide bonds. The maximum Gasteiger partial charge on any atom is 0.352 e. The van der Waals surface area contributed by atoms with Crippen LogP contribution in [0, 0.1) is 0 Å². The second-order valence-corrected chi connectivity index (χ2v) is 17.3. The number of fused-ring (bicyclic) bond motifs is 2. The molecule has 0 bridgehead atoms. The van der Waals surface area contributed by atoms with Crippen molar-refractivity contribution in [3.63, 3.8) is 0 Å². The Labute approximate surface area is 283 Å². The first-order valence-corrected chi connectivity index (χ1v) is 18.2. The molecule has 5 heterocycles. The average Bonchev–Trinajstić information content (AvgIpc) is 3.86. The van der Waals surface area contributed by atoms with Gasteiger partial charge in [-0.25, -0.2) is 0 Å². The van der Waals surface area contributed by atoms with E-state index in [1.807, 2.05) is 49.1 Å². The van der Waals surface area contributed by atoms with E-state index < -0.39 is 22.3 Å². The molecule has 0 radical (unpaired) electrons. The van der Waals surface area contributed by atoms with E-state index in [1.54, 1.807) is 42.6 Å². The Kier molecular flexibility index (Phi) is 7.96. The third kappa shape index (κ3) is 5.90. The fraction of sp³-hybridized carbons (Fsp3) is 0.314. The van der Waals surface area contributed by atoms with Crippen LogP contribution >= 0.6 is 16.9 Å². The van der Waals surface area contributed by atoms with Gasteiger partial charge in [-0.3, -0.25) is 0 Å². The summed E-state index contributed by atoms with van der Waals surface area (Å²) < 4.78 is 28.1. The normalized spacial score (nSPS) is 14.1. The van der Waals surface area contributed by atoms with E-state index in [2.05, 4.69) is 100 Å². The first kappa shape index (κ1) is 32.1. The SMILES string of the molecule is CC(C)(C)c1cc(OP(n2cccn2)n2cccn2)c2c(c1)C(C)(C)c1cc(C(C)(C)C)cc(OP(n3cccn3)n3cccn3)c1O2. The molecule has 1 aliphatic heterocycles. The average molecular weight is 683 g/mol. The number of hydrogen-bond acceptors (Lipinski definition) is 7. The molecule has 6 aromatic rings. The van der Waals surface area contributed by atoms with E-state index in [0.717, 1.165) is 22.3 Å². The molecule has 0 saturated heterocycles. The van der Waals surface area contributed by atoms with Crippen LogP contribution in [0.15, 0.2) is 98.1 Å². The van der Waals surface area contributed by atoms with Crippen molar-refractivity contribution in [1.82, 2.24) is 38.2 Å². The summed E-state index contributed by atoms with van der Waals surface area (Å²) in [6, 6.07) is 16.2. The number of aromatic nitrogens is 8. The molecule has 4 aromatic heterocycles. The van der Waals surface area contributed by atoms with Gasteiger partial charge < -0.3 is 13.8 Å². The van der Waals surface area contributed by atoms with Gasteiger partial charge in [0.1, 0.15) is 0 Å². The van der Waals surface area contributed by atoms with Crippen LogP contribution < -0.4 is 13.8 Å². The molecule has 0 unspecified atom stereocenters. The summed E-state index contributed by atoms with van der Waals surface area (Å²) in [5, 5.41) is 18.1. The highest BCUT2D eigenvalue weighted by Gasteiger charge is 2.41. The second kappa shape index (κ2) is 11.9. The van der Waals surface area contributed by atoms with Crippen LogP contribution in [0.25, 0.3) is 0 Å². The maximum absolute atomic E-state index is 7.03. The summed E-state index contributed by atoms with van der Waals surface area (Å²) in [4.78, 5) is 0. The van der Waals surface area contributed by atoms with Crippen molar-refractivity contribution in [2.75, 3.05) is 0 Å². The van der Waals surface area contributed by atoms with Gasteiger partial charge in [0.05, 0.1) is 0 Å². The summed E-state index contributed by atoms with van der Waals surface area (Å²) in [6.45, 7) is 17.8. The molecule has 0 aliphatic carbocycles. The van der Waals surface area contributed by atoms with Gasteiger partial charge in [-0.15, -0.1) is 0 Å². The third-order valence-electron chi connectivity index (χ3n) is 8.42. The Morgan fingerprint density at radius 2 is 0.896 bits per heavy atom. The Hall–Kier alpha value is -4.46. The highest BCUT2D eigenvalue weighted by Crippen LogP contribution is 2.59. The number of benzene rings is 2. The largest absolute Gasteiger partial charge is 0.449 e. The fourth-order valence-electron chi connectivity index (χ4n) is 5.57. The first-order chi connectivity index (χ1) is 22.8. The van der Waals surface area contributed by atoms with Crippen LogP contribution in [-0.2, 0) is 16.2 Å². The molecule has 0 atom stereocenters. The summed E-state index contributed by atoms with van der Waals surface area (Å²) in [5.41, 5.74) is 3.54. The quantitative estimate of drug-likeness (QED) is 0.148. The monoisotopic (exact) mass is 682 g/mol. The topological polar surface area (TPSA) is 99.0 Å². The van der Waals surface area contributed by atoms with Crippen molar-refractivity contribution < 1.29 is 13.8 Å².